The molecular weight excluding hydrogens is 236 g/mol. The minimum Gasteiger partial charge on any atom is -0.379 e. The van der Waals surface area contributed by atoms with Crippen LogP contribution in [0.15, 0.2) is 59.5 Å². The Balaban J connectivity index is 2.27. The minimum atomic E-state index is -3.75. The van der Waals surface area contributed by atoms with Crippen LogP contribution in [0.5, 0.6) is 5.75 Å². The number of hydrogen-bond acceptors (Lipinski definition) is 3. The normalized spacial score (nSPS) is 11.1. The van der Waals surface area contributed by atoms with Crippen LogP contribution in [0.4, 0.5) is 0 Å². The van der Waals surface area contributed by atoms with Crippen molar-refractivity contribution in [3.05, 3.63) is 67.1 Å². The highest BCUT2D eigenvalue weighted by Gasteiger charge is 2.15. The molecule has 0 unspecified atom stereocenters. The summed E-state index contributed by atoms with van der Waals surface area (Å²) in [6, 6.07) is 14.6. The Kier molecular flexibility index (Phi) is 3.15. The molecule has 2 aromatic rings. The van der Waals surface area contributed by atoms with Gasteiger partial charge in [0.05, 0.1) is 0 Å². The van der Waals surface area contributed by atoms with Crippen LogP contribution in [0.1, 0.15) is 5.56 Å². The van der Waals surface area contributed by atoms with Gasteiger partial charge < -0.3 is 4.18 Å². The molecule has 87 valence electrons. The quantitative estimate of drug-likeness (QED) is 0.783. The van der Waals surface area contributed by atoms with Gasteiger partial charge in [0.25, 0.3) is 0 Å². The smallest absolute Gasteiger partial charge is 0.339 e. The maximum atomic E-state index is 11.8. The van der Waals surface area contributed by atoms with Crippen LogP contribution in [0, 0.1) is 6.92 Å². The second kappa shape index (κ2) is 4.59. The summed E-state index contributed by atoms with van der Waals surface area (Å²) < 4.78 is 28.7. The van der Waals surface area contributed by atoms with Crippen LogP contribution in [-0.2, 0) is 10.1 Å². The number of hydrogen-bond donors (Lipinski definition) is 0. The molecule has 17 heavy (non-hydrogen) atoms. The Morgan fingerprint density at radius 2 is 1.47 bits per heavy atom. The second-order valence-corrected chi connectivity index (χ2v) is 5.04. The van der Waals surface area contributed by atoms with Crippen molar-refractivity contribution in [3.63, 3.8) is 0 Å². The first-order valence-electron chi connectivity index (χ1n) is 4.99. The number of benzene rings is 2. The molecule has 0 aromatic heterocycles. The molecule has 0 aliphatic heterocycles. The van der Waals surface area contributed by atoms with Crippen molar-refractivity contribution in [1.29, 1.82) is 0 Å². The van der Waals surface area contributed by atoms with Crippen LogP contribution >= 0.6 is 0 Å². The summed E-state index contributed by atoms with van der Waals surface area (Å²) in [6.45, 7) is 3.71. The third-order valence-electron chi connectivity index (χ3n) is 2.16. The molecule has 0 N–H and O–H groups in total. The van der Waals surface area contributed by atoms with E-state index in [1.165, 1.54) is 12.1 Å². The average Bonchev–Trinajstić information content (AvgIpc) is 2.33. The van der Waals surface area contributed by atoms with Crippen molar-refractivity contribution >= 4 is 10.1 Å². The molecule has 3 nitrogen and oxygen atoms in total. The zero-order valence-electron chi connectivity index (χ0n) is 9.04. The van der Waals surface area contributed by atoms with E-state index in [0.717, 1.165) is 5.56 Å². The van der Waals surface area contributed by atoms with Gasteiger partial charge in [0.15, 0.2) is 0 Å². The molecule has 0 atom stereocenters. The molecule has 0 saturated heterocycles. The fraction of sp³-hybridized carbons (Fsp3) is 0. The summed E-state index contributed by atoms with van der Waals surface area (Å²) in [6.07, 6.45) is 0. The molecule has 0 spiro atoms. The highest BCUT2D eigenvalue weighted by Crippen LogP contribution is 2.18. The van der Waals surface area contributed by atoms with Gasteiger partial charge in [0, 0.05) is 0 Å². The van der Waals surface area contributed by atoms with E-state index in [1.54, 1.807) is 42.5 Å². The van der Waals surface area contributed by atoms with E-state index in [-0.39, 0.29) is 10.6 Å². The van der Waals surface area contributed by atoms with Crippen LogP contribution in [0.25, 0.3) is 0 Å². The summed E-state index contributed by atoms with van der Waals surface area (Å²) in [7, 11) is -3.75. The first kappa shape index (κ1) is 11.7. The largest absolute Gasteiger partial charge is 0.379 e. The fourth-order valence-electron chi connectivity index (χ4n) is 1.31. The molecule has 4 heteroatoms. The van der Waals surface area contributed by atoms with Gasteiger partial charge in [0.2, 0.25) is 0 Å². The summed E-state index contributed by atoms with van der Waals surface area (Å²) in [5, 5.41) is 0. The third kappa shape index (κ3) is 2.85. The van der Waals surface area contributed by atoms with E-state index >= 15 is 0 Å². The molecule has 0 amide bonds. The predicted octanol–water partition coefficient (Wildman–Crippen LogP) is 2.64. The molecule has 0 heterocycles. The SMILES string of the molecule is [CH2]c1ccc(OS(=O)(=O)c2ccccc2)cc1. The monoisotopic (exact) mass is 247 g/mol. The average molecular weight is 247 g/mol. The zero-order valence-corrected chi connectivity index (χ0v) is 9.85. The van der Waals surface area contributed by atoms with Crippen LogP contribution in [0.3, 0.4) is 0 Å². The van der Waals surface area contributed by atoms with Gasteiger partial charge in [-0.05, 0) is 36.8 Å². The molecular formula is C13H11O3S. The standard InChI is InChI=1S/C13H11O3S/c1-11-7-9-12(10-8-11)16-17(14,15)13-5-3-2-4-6-13/h2-10H,1H2. The van der Waals surface area contributed by atoms with Gasteiger partial charge >= 0.3 is 10.1 Å². The van der Waals surface area contributed by atoms with Crippen molar-refractivity contribution in [3.8, 4) is 5.75 Å². The highest BCUT2D eigenvalue weighted by molar-refractivity contribution is 7.87. The first-order chi connectivity index (χ1) is 8.08. The molecule has 2 aromatic carbocycles. The Morgan fingerprint density at radius 1 is 0.882 bits per heavy atom. The van der Waals surface area contributed by atoms with E-state index in [1.807, 2.05) is 0 Å². The van der Waals surface area contributed by atoms with E-state index in [9.17, 15) is 8.42 Å². The Labute approximate surface area is 101 Å². The maximum absolute atomic E-state index is 11.8. The van der Waals surface area contributed by atoms with Crippen LogP contribution < -0.4 is 4.18 Å². The van der Waals surface area contributed by atoms with Gasteiger partial charge in [-0.2, -0.15) is 8.42 Å². The van der Waals surface area contributed by atoms with Gasteiger partial charge in [-0.25, -0.2) is 0 Å². The van der Waals surface area contributed by atoms with Crippen molar-refractivity contribution in [2.24, 2.45) is 0 Å². The lowest BCUT2D eigenvalue weighted by Gasteiger charge is -2.06. The molecule has 0 bridgehead atoms. The topological polar surface area (TPSA) is 43.4 Å². The molecule has 0 aliphatic carbocycles. The summed E-state index contributed by atoms with van der Waals surface area (Å²) >= 11 is 0. The highest BCUT2D eigenvalue weighted by atomic mass is 32.2. The summed E-state index contributed by atoms with van der Waals surface area (Å²) in [5.74, 6) is 0.279. The number of rotatable bonds is 3. The third-order valence-corrected chi connectivity index (χ3v) is 3.42. The molecule has 0 saturated carbocycles. The minimum absolute atomic E-state index is 0.138. The molecule has 1 radical (unpaired) electrons. The Bertz CT molecular complexity index is 586. The molecule has 2 rings (SSSR count). The first-order valence-corrected chi connectivity index (χ1v) is 6.40. The van der Waals surface area contributed by atoms with E-state index < -0.39 is 10.1 Å². The van der Waals surface area contributed by atoms with E-state index in [0.29, 0.717) is 0 Å². The van der Waals surface area contributed by atoms with E-state index in [2.05, 4.69) is 6.92 Å². The van der Waals surface area contributed by atoms with Crippen LogP contribution in [0.2, 0.25) is 0 Å². The van der Waals surface area contributed by atoms with Gasteiger partial charge in [-0.3, -0.25) is 0 Å². The lowest BCUT2D eigenvalue weighted by atomic mass is 10.2. The van der Waals surface area contributed by atoms with Gasteiger partial charge in [-0.1, -0.05) is 30.3 Å². The Morgan fingerprint density at radius 3 is 2.06 bits per heavy atom. The summed E-state index contributed by atoms with van der Waals surface area (Å²) in [4.78, 5) is 0.138. The second-order valence-electron chi connectivity index (χ2n) is 3.49. The van der Waals surface area contributed by atoms with Gasteiger partial charge in [0.1, 0.15) is 10.6 Å². The maximum Gasteiger partial charge on any atom is 0.339 e. The molecule has 0 aliphatic rings. The van der Waals surface area contributed by atoms with Crippen molar-refractivity contribution in [2.45, 2.75) is 4.90 Å². The summed E-state index contributed by atoms with van der Waals surface area (Å²) in [5.41, 5.74) is 0.800. The van der Waals surface area contributed by atoms with Crippen molar-refractivity contribution in [2.75, 3.05) is 0 Å². The van der Waals surface area contributed by atoms with Crippen molar-refractivity contribution < 1.29 is 12.6 Å². The van der Waals surface area contributed by atoms with E-state index in [4.69, 9.17) is 4.18 Å². The van der Waals surface area contributed by atoms with Crippen molar-refractivity contribution in [1.82, 2.24) is 0 Å². The Hall–Kier alpha value is -1.81. The molecule has 0 fully saturated rings. The lowest BCUT2D eigenvalue weighted by Crippen LogP contribution is -2.09. The van der Waals surface area contributed by atoms with Crippen LogP contribution in [-0.4, -0.2) is 8.42 Å². The predicted molar refractivity (Wildman–Crippen MR) is 65.2 cm³/mol. The zero-order chi connectivity index (χ0) is 12.3. The fourth-order valence-corrected chi connectivity index (χ4v) is 2.26. The lowest BCUT2D eigenvalue weighted by molar-refractivity contribution is 0.486. The van der Waals surface area contributed by atoms with Gasteiger partial charge in [-0.15, -0.1) is 0 Å².